The molecule has 0 bridgehead atoms. The number of ketones is 1. The maximum absolute atomic E-state index is 13.8. The number of ether oxygens (including phenoxy) is 1. The van der Waals surface area contributed by atoms with Crippen molar-refractivity contribution in [3.8, 4) is 6.07 Å². The van der Waals surface area contributed by atoms with Gasteiger partial charge in [0.1, 0.15) is 11.6 Å². The van der Waals surface area contributed by atoms with Gasteiger partial charge in [-0.05, 0) is 62.6 Å². The van der Waals surface area contributed by atoms with Gasteiger partial charge in [0.05, 0.1) is 35.8 Å². The van der Waals surface area contributed by atoms with Crippen molar-refractivity contribution >= 4 is 23.5 Å². The molecule has 1 aliphatic heterocycles. The second-order valence-electron chi connectivity index (χ2n) is 12.4. The predicted molar refractivity (Wildman–Crippen MR) is 150 cm³/mol. The molecule has 0 spiro atoms. The maximum Gasteiger partial charge on any atom is 0.243 e. The van der Waals surface area contributed by atoms with E-state index in [4.69, 9.17) is 15.7 Å². The first kappa shape index (κ1) is 30.7. The van der Waals surface area contributed by atoms with Crippen LogP contribution in [0.15, 0.2) is 24.3 Å². The highest BCUT2D eigenvalue weighted by molar-refractivity contribution is 5.98. The molecule has 4 atom stereocenters. The number of aliphatic hydroxyl groups is 1. The third-order valence-electron chi connectivity index (χ3n) is 9.49. The number of carbonyl (C=O) groups excluding carboxylic acids is 4. The Bertz CT molecular complexity index is 1170. The molecule has 3 fully saturated rings. The molecule has 0 radical (unpaired) electrons. The van der Waals surface area contributed by atoms with Crippen molar-refractivity contribution in [2.24, 2.45) is 23.0 Å². The molecule has 0 aromatic heterocycles. The molecule has 5 N–H and O–H groups in total. The quantitative estimate of drug-likeness (QED) is 0.280. The predicted octanol–water partition coefficient (Wildman–Crippen LogP) is 2.05. The number of aliphatic hydroxyl groups excluding tert-OH is 1. The standard InChI is InChI=1S/C31H42N4O6/c1-19(31(29(33)40)13-11-23(36)12-14-31)27(38)35-25(16-21-7-9-22(17-32)10-8-21)28(39)34-24(15-20-5-3-4-6-20)26(37)30(2)18-41-30/h7-10,19-20,23-25,36H,3-6,11-16,18H2,1-2H3,(H2,33,40)(H,34,39)(H,35,38)/t19-,23?,24-,25-,30+,31?/m0/s1. The SMILES string of the molecule is C[C@@H](C(=O)N[C@@H](Cc1ccc(C#N)cc1)C(=O)N[C@@H](CC1CCCC1)C(=O)[C@@]1(C)CO1)C1(C(N)=O)CCC(O)CC1. The van der Waals surface area contributed by atoms with E-state index < -0.39 is 52.8 Å². The molecule has 222 valence electrons. The second kappa shape index (κ2) is 12.7. The molecule has 1 aromatic carbocycles. The van der Waals surface area contributed by atoms with Crippen molar-refractivity contribution in [1.29, 1.82) is 5.26 Å². The molecule has 10 nitrogen and oxygen atoms in total. The number of nitrogens with two attached hydrogens (primary N) is 1. The number of rotatable bonds is 12. The monoisotopic (exact) mass is 566 g/mol. The third-order valence-corrected chi connectivity index (χ3v) is 9.49. The van der Waals surface area contributed by atoms with Crippen LogP contribution in [-0.2, 0) is 30.3 Å². The number of amides is 3. The summed E-state index contributed by atoms with van der Waals surface area (Å²) in [6.45, 7) is 3.67. The highest BCUT2D eigenvalue weighted by Crippen LogP contribution is 2.43. The van der Waals surface area contributed by atoms with E-state index in [0.717, 1.165) is 31.2 Å². The molecule has 2 saturated carbocycles. The lowest BCUT2D eigenvalue weighted by Gasteiger charge is -2.40. The Labute approximate surface area is 241 Å². The zero-order valence-electron chi connectivity index (χ0n) is 24.0. The number of hydrogen-bond acceptors (Lipinski definition) is 7. The van der Waals surface area contributed by atoms with Crippen LogP contribution >= 0.6 is 0 Å². The first-order chi connectivity index (χ1) is 19.5. The number of epoxide rings is 1. The number of nitriles is 1. The van der Waals surface area contributed by atoms with Gasteiger partial charge < -0.3 is 26.2 Å². The molecule has 3 amide bonds. The minimum absolute atomic E-state index is 0.121. The Morgan fingerprint density at radius 2 is 1.63 bits per heavy atom. The summed E-state index contributed by atoms with van der Waals surface area (Å²) in [6, 6.07) is 7.01. The van der Waals surface area contributed by atoms with Gasteiger partial charge in [0.25, 0.3) is 0 Å². The molecule has 2 aliphatic carbocycles. The Morgan fingerprint density at radius 3 is 2.17 bits per heavy atom. The normalized spacial score (nSPS) is 28.1. The fourth-order valence-electron chi connectivity index (χ4n) is 6.42. The van der Waals surface area contributed by atoms with Crippen molar-refractivity contribution in [3.05, 3.63) is 35.4 Å². The van der Waals surface area contributed by atoms with Gasteiger partial charge in [-0.3, -0.25) is 19.2 Å². The van der Waals surface area contributed by atoms with Gasteiger partial charge in [-0.15, -0.1) is 0 Å². The van der Waals surface area contributed by atoms with Gasteiger partial charge in [-0.1, -0.05) is 44.7 Å². The molecule has 3 aliphatic rings. The average Bonchev–Trinajstić information content (AvgIpc) is 3.50. The summed E-state index contributed by atoms with van der Waals surface area (Å²) >= 11 is 0. The smallest absolute Gasteiger partial charge is 0.243 e. The van der Waals surface area contributed by atoms with E-state index in [0.29, 0.717) is 37.4 Å². The molecule has 1 aromatic rings. The van der Waals surface area contributed by atoms with E-state index in [-0.39, 0.29) is 25.0 Å². The number of carbonyl (C=O) groups is 4. The van der Waals surface area contributed by atoms with E-state index >= 15 is 0 Å². The maximum atomic E-state index is 13.8. The number of benzene rings is 1. The summed E-state index contributed by atoms with van der Waals surface area (Å²) < 4.78 is 5.41. The van der Waals surface area contributed by atoms with Gasteiger partial charge in [-0.2, -0.15) is 5.26 Å². The number of hydrogen-bond donors (Lipinski definition) is 4. The molecule has 1 heterocycles. The van der Waals surface area contributed by atoms with Crippen LogP contribution in [0.25, 0.3) is 0 Å². The van der Waals surface area contributed by atoms with Crippen molar-refractivity contribution < 1.29 is 29.0 Å². The molecule has 10 heteroatoms. The van der Waals surface area contributed by atoms with E-state index in [1.54, 1.807) is 38.1 Å². The van der Waals surface area contributed by atoms with Gasteiger partial charge in [0.2, 0.25) is 17.7 Å². The summed E-state index contributed by atoms with van der Waals surface area (Å²) in [5, 5.41) is 24.9. The van der Waals surface area contributed by atoms with E-state index in [1.807, 2.05) is 0 Å². The lowest BCUT2D eigenvalue weighted by molar-refractivity contribution is -0.144. The number of Topliss-reactive ketones (excluding diaryl/α,β-unsaturated/α-hetero) is 1. The van der Waals surface area contributed by atoms with Crippen LogP contribution in [0.2, 0.25) is 0 Å². The number of nitrogens with zero attached hydrogens (tertiary/aromatic N) is 1. The highest BCUT2D eigenvalue weighted by Gasteiger charge is 2.51. The fraction of sp³-hybridized carbons (Fsp3) is 0.645. The van der Waals surface area contributed by atoms with Crippen LogP contribution in [0.4, 0.5) is 0 Å². The molecule has 0 unspecified atom stereocenters. The molecule has 41 heavy (non-hydrogen) atoms. The Balaban J connectivity index is 1.55. The highest BCUT2D eigenvalue weighted by atomic mass is 16.6. The first-order valence-electron chi connectivity index (χ1n) is 14.7. The van der Waals surface area contributed by atoms with E-state index in [9.17, 15) is 24.3 Å². The number of primary amides is 1. The van der Waals surface area contributed by atoms with Crippen LogP contribution in [0.5, 0.6) is 0 Å². The second-order valence-corrected chi connectivity index (χ2v) is 12.4. The van der Waals surface area contributed by atoms with Crippen LogP contribution < -0.4 is 16.4 Å². The van der Waals surface area contributed by atoms with Crippen LogP contribution in [0.3, 0.4) is 0 Å². The Morgan fingerprint density at radius 1 is 1.05 bits per heavy atom. The zero-order valence-corrected chi connectivity index (χ0v) is 24.0. The van der Waals surface area contributed by atoms with E-state index in [2.05, 4.69) is 16.7 Å². The molecular formula is C31H42N4O6. The van der Waals surface area contributed by atoms with Crippen LogP contribution in [0.1, 0.15) is 82.8 Å². The van der Waals surface area contributed by atoms with Gasteiger partial charge in [0, 0.05) is 12.3 Å². The Hall–Kier alpha value is -3.29. The fourth-order valence-corrected chi connectivity index (χ4v) is 6.42. The van der Waals surface area contributed by atoms with Crippen molar-refractivity contribution in [1.82, 2.24) is 10.6 Å². The van der Waals surface area contributed by atoms with Gasteiger partial charge >= 0.3 is 0 Å². The van der Waals surface area contributed by atoms with Gasteiger partial charge in [0.15, 0.2) is 5.78 Å². The van der Waals surface area contributed by atoms with Crippen molar-refractivity contribution in [2.75, 3.05) is 6.61 Å². The summed E-state index contributed by atoms with van der Waals surface area (Å²) in [6.07, 6.45) is 5.59. The summed E-state index contributed by atoms with van der Waals surface area (Å²) in [5.41, 5.74) is 4.95. The first-order valence-corrected chi connectivity index (χ1v) is 14.7. The van der Waals surface area contributed by atoms with Gasteiger partial charge in [-0.25, -0.2) is 0 Å². The lowest BCUT2D eigenvalue weighted by atomic mass is 9.65. The minimum Gasteiger partial charge on any atom is -0.393 e. The Kier molecular flexibility index (Phi) is 9.50. The van der Waals surface area contributed by atoms with E-state index in [1.165, 1.54) is 0 Å². The minimum atomic E-state index is -1.13. The molecule has 1 saturated heterocycles. The molecular weight excluding hydrogens is 524 g/mol. The molecule has 4 rings (SSSR count). The average molecular weight is 567 g/mol. The van der Waals surface area contributed by atoms with Crippen molar-refractivity contribution in [3.63, 3.8) is 0 Å². The zero-order chi connectivity index (χ0) is 29.8. The topological polar surface area (TPSA) is 175 Å². The van der Waals surface area contributed by atoms with Crippen molar-refractivity contribution in [2.45, 2.75) is 102 Å². The van der Waals surface area contributed by atoms with Crippen LogP contribution in [0, 0.1) is 28.6 Å². The van der Waals surface area contributed by atoms with Crippen LogP contribution in [-0.4, -0.2) is 59.0 Å². The summed E-state index contributed by atoms with van der Waals surface area (Å²) in [7, 11) is 0. The third kappa shape index (κ3) is 7.14. The summed E-state index contributed by atoms with van der Waals surface area (Å²) in [4.78, 5) is 53.4. The lowest BCUT2D eigenvalue weighted by Crippen LogP contribution is -2.57. The largest absolute Gasteiger partial charge is 0.393 e. The number of nitrogens with one attached hydrogen (secondary N) is 2. The summed E-state index contributed by atoms with van der Waals surface area (Å²) in [5.74, 6) is -2.26.